The van der Waals surface area contributed by atoms with E-state index in [9.17, 15) is 9.59 Å². The smallest absolute Gasteiger partial charge is 0.261 e. The van der Waals surface area contributed by atoms with E-state index in [1.165, 1.54) is 4.90 Å². The van der Waals surface area contributed by atoms with Crippen molar-refractivity contribution >= 4 is 23.4 Å². The van der Waals surface area contributed by atoms with Gasteiger partial charge < -0.3 is 15.0 Å². The fourth-order valence-corrected chi connectivity index (χ4v) is 3.15. The molecule has 2 rings (SSSR count). The highest BCUT2D eigenvalue weighted by molar-refractivity contribution is 6.30. The molecule has 0 heterocycles. The first-order valence-electron chi connectivity index (χ1n) is 10.0. The predicted molar refractivity (Wildman–Crippen MR) is 121 cm³/mol. The van der Waals surface area contributed by atoms with Gasteiger partial charge in [0.2, 0.25) is 5.91 Å². The summed E-state index contributed by atoms with van der Waals surface area (Å²) in [4.78, 5) is 27.4. The van der Waals surface area contributed by atoms with E-state index in [4.69, 9.17) is 16.3 Å². The van der Waals surface area contributed by atoms with Gasteiger partial charge in [0.05, 0.1) is 0 Å². The first-order valence-corrected chi connectivity index (χ1v) is 10.4. The van der Waals surface area contributed by atoms with Crippen LogP contribution in [0, 0.1) is 13.8 Å². The van der Waals surface area contributed by atoms with Gasteiger partial charge in [-0.25, -0.2) is 0 Å². The molecule has 162 valence electrons. The molecule has 1 atom stereocenters. The lowest BCUT2D eigenvalue weighted by atomic mass is 10.1. The van der Waals surface area contributed by atoms with E-state index in [0.717, 1.165) is 16.7 Å². The number of halogens is 1. The number of hydrogen-bond acceptors (Lipinski definition) is 3. The number of carbonyl (C=O) groups is 2. The number of aryl methyl sites for hydroxylation is 2. The van der Waals surface area contributed by atoms with Crippen LogP contribution in [0.15, 0.2) is 42.5 Å². The number of nitrogens with one attached hydrogen (secondary N) is 1. The molecule has 0 saturated heterocycles. The van der Waals surface area contributed by atoms with Crippen molar-refractivity contribution < 1.29 is 14.3 Å². The summed E-state index contributed by atoms with van der Waals surface area (Å²) in [6.07, 6.45) is 0. The van der Waals surface area contributed by atoms with E-state index in [0.29, 0.717) is 10.8 Å². The normalized spacial score (nSPS) is 12.2. The molecule has 5 nitrogen and oxygen atoms in total. The highest BCUT2D eigenvalue weighted by Gasteiger charge is 2.28. The van der Waals surface area contributed by atoms with Gasteiger partial charge in [0.15, 0.2) is 6.61 Å². The van der Waals surface area contributed by atoms with E-state index < -0.39 is 11.6 Å². The van der Waals surface area contributed by atoms with Crippen LogP contribution in [0.3, 0.4) is 0 Å². The van der Waals surface area contributed by atoms with Gasteiger partial charge in [0.1, 0.15) is 11.8 Å². The standard InChI is InChI=1S/C24H31ClN2O3/c1-16-7-12-21(17(2)13-16)30-15-22(28)27(14-19-8-10-20(25)11-9-19)18(3)23(29)26-24(4,5)6/h7-13,18H,14-15H2,1-6H3,(H,26,29). The van der Waals surface area contributed by atoms with Gasteiger partial charge in [-0.1, -0.05) is 41.4 Å². The van der Waals surface area contributed by atoms with Crippen molar-refractivity contribution in [3.05, 3.63) is 64.2 Å². The van der Waals surface area contributed by atoms with Crippen LogP contribution in [0.4, 0.5) is 0 Å². The van der Waals surface area contributed by atoms with Crippen molar-refractivity contribution in [1.82, 2.24) is 10.2 Å². The number of rotatable bonds is 7. The molecule has 6 heteroatoms. The van der Waals surface area contributed by atoms with Crippen LogP contribution >= 0.6 is 11.6 Å². The summed E-state index contributed by atoms with van der Waals surface area (Å²) in [5, 5.41) is 3.56. The maximum absolute atomic E-state index is 13.1. The minimum Gasteiger partial charge on any atom is -0.483 e. The lowest BCUT2D eigenvalue weighted by Crippen LogP contribution is -2.53. The summed E-state index contributed by atoms with van der Waals surface area (Å²) < 4.78 is 5.78. The minimum atomic E-state index is -0.657. The molecule has 0 radical (unpaired) electrons. The van der Waals surface area contributed by atoms with Gasteiger partial charge in [-0.2, -0.15) is 0 Å². The monoisotopic (exact) mass is 430 g/mol. The third-order valence-electron chi connectivity index (χ3n) is 4.61. The summed E-state index contributed by atoms with van der Waals surface area (Å²) >= 11 is 5.98. The molecular weight excluding hydrogens is 400 g/mol. The number of hydrogen-bond donors (Lipinski definition) is 1. The Bertz CT molecular complexity index is 888. The van der Waals surface area contributed by atoms with Crippen LogP contribution < -0.4 is 10.1 Å². The molecule has 2 amide bonds. The number of benzene rings is 2. The zero-order chi connectivity index (χ0) is 22.5. The second-order valence-corrected chi connectivity index (χ2v) is 9.06. The molecule has 0 spiro atoms. The summed E-state index contributed by atoms with van der Waals surface area (Å²) in [5.41, 5.74) is 2.58. The lowest BCUT2D eigenvalue weighted by molar-refractivity contribution is -0.142. The highest BCUT2D eigenvalue weighted by atomic mass is 35.5. The molecule has 1 N–H and O–H groups in total. The molecule has 0 bridgehead atoms. The Labute approximate surface area is 184 Å². The van der Waals surface area contributed by atoms with Gasteiger partial charge in [-0.15, -0.1) is 0 Å². The maximum atomic E-state index is 13.1. The van der Waals surface area contributed by atoms with Crippen molar-refractivity contribution in [2.75, 3.05) is 6.61 Å². The van der Waals surface area contributed by atoms with Gasteiger partial charge in [0, 0.05) is 17.1 Å². The van der Waals surface area contributed by atoms with Crippen molar-refractivity contribution in [2.24, 2.45) is 0 Å². The van der Waals surface area contributed by atoms with Gasteiger partial charge >= 0.3 is 0 Å². The van der Waals surface area contributed by atoms with Crippen LogP contribution in [0.2, 0.25) is 5.02 Å². The Balaban J connectivity index is 2.18. The second-order valence-electron chi connectivity index (χ2n) is 8.62. The fourth-order valence-electron chi connectivity index (χ4n) is 3.03. The molecule has 0 saturated carbocycles. The quantitative estimate of drug-likeness (QED) is 0.694. The van der Waals surface area contributed by atoms with Crippen molar-refractivity contribution in [1.29, 1.82) is 0 Å². The van der Waals surface area contributed by atoms with Crippen molar-refractivity contribution in [3.63, 3.8) is 0 Å². The molecule has 30 heavy (non-hydrogen) atoms. The van der Waals surface area contributed by atoms with Gasteiger partial charge in [-0.05, 0) is 70.9 Å². The molecule has 0 aromatic heterocycles. The average Bonchev–Trinajstić information content (AvgIpc) is 2.64. The Kier molecular flexibility index (Phi) is 7.90. The van der Waals surface area contributed by atoms with E-state index >= 15 is 0 Å². The number of ether oxygens (including phenoxy) is 1. The van der Waals surface area contributed by atoms with E-state index in [1.807, 2.05) is 65.0 Å². The van der Waals surface area contributed by atoms with Crippen molar-refractivity contribution in [3.8, 4) is 5.75 Å². The maximum Gasteiger partial charge on any atom is 0.261 e. The predicted octanol–water partition coefficient (Wildman–Crippen LogP) is 4.67. The average molecular weight is 431 g/mol. The molecule has 1 unspecified atom stereocenters. The first kappa shape index (κ1) is 23.7. The van der Waals surface area contributed by atoms with Crippen LogP contribution in [0.1, 0.15) is 44.4 Å². The SMILES string of the molecule is Cc1ccc(OCC(=O)N(Cc2ccc(Cl)cc2)C(C)C(=O)NC(C)(C)C)c(C)c1. The summed E-state index contributed by atoms with van der Waals surface area (Å²) in [7, 11) is 0. The third kappa shape index (κ3) is 7.06. The molecular formula is C24H31ClN2O3. The molecule has 0 aliphatic carbocycles. The molecule has 2 aromatic rings. The van der Waals surface area contributed by atoms with Crippen LogP contribution in [-0.2, 0) is 16.1 Å². The Morgan fingerprint density at radius 3 is 2.30 bits per heavy atom. The molecule has 2 aromatic carbocycles. The zero-order valence-corrected chi connectivity index (χ0v) is 19.3. The first-order chi connectivity index (χ1) is 14.0. The molecule has 0 aliphatic heterocycles. The Morgan fingerprint density at radius 2 is 1.73 bits per heavy atom. The summed E-state index contributed by atoms with van der Waals surface area (Å²) in [6, 6.07) is 12.4. The largest absolute Gasteiger partial charge is 0.483 e. The van der Waals surface area contributed by atoms with Gasteiger partial charge in [-0.3, -0.25) is 9.59 Å². The minimum absolute atomic E-state index is 0.148. The second kappa shape index (κ2) is 9.98. The highest BCUT2D eigenvalue weighted by Crippen LogP contribution is 2.20. The Hall–Kier alpha value is -2.53. The molecule has 0 aliphatic rings. The topological polar surface area (TPSA) is 58.6 Å². The summed E-state index contributed by atoms with van der Waals surface area (Å²) in [6.45, 7) is 11.5. The number of carbonyl (C=O) groups excluding carboxylic acids is 2. The van der Waals surface area contributed by atoms with Crippen molar-refractivity contribution in [2.45, 2.75) is 59.7 Å². The third-order valence-corrected chi connectivity index (χ3v) is 4.87. The number of nitrogens with zero attached hydrogens (tertiary/aromatic N) is 1. The fraction of sp³-hybridized carbons (Fsp3) is 0.417. The van der Waals surface area contributed by atoms with Gasteiger partial charge in [0.25, 0.3) is 5.91 Å². The summed E-state index contributed by atoms with van der Waals surface area (Å²) in [5.74, 6) is 0.185. The van der Waals surface area contributed by atoms with E-state index in [2.05, 4.69) is 5.32 Å². The van der Waals surface area contributed by atoms with E-state index in [-0.39, 0.29) is 25.0 Å². The molecule has 0 fully saturated rings. The van der Waals surface area contributed by atoms with E-state index in [1.54, 1.807) is 19.1 Å². The zero-order valence-electron chi connectivity index (χ0n) is 18.6. The Morgan fingerprint density at radius 1 is 1.10 bits per heavy atom. The number of amides is 2. The van der Waals surface area contributed by atoms with Crippen LogP contribution in [0.5, 0.6) is 5.75 Å². The van der Waals surface area contributed by atoms with Crippen LogP contribution in [0.25, 0.3) is 0 Å². The van der Waals surface area contributed by atoms with Crippen LogP contribution in [-0.4, -0.2) is 34.9 Å². The lowest BCUT2D eigenvalue weighted by Gasteiger charge is -2.31.